The van der Waals surface area contributed by atoms with Gasteiger partial charge in [0.1, 0.15) is 11.9 Å². The standard InChI is InChI=1S/C25H31N3O5/c1-17-16-28(20-8-4-5-9-21(20)33-17)25(30)27-13-11-18(12-14-27)24(29)26-15-19-7-6-10-22(31-2)23(19)32-3/h4-10,17-18H,11-16H2,1-3H3,(H,26,29)/t17-/m1/s1. The smallest absolute Gasteiger partial charge is 0.324 e. The van der Waals surface area contributed by atoms with E-state index in [9.17, 15) is 9.59 Å². The van der Waals surface area contributed by atoms with E-state index in [-0.39, 0.29) is 24.0 Å². The molecule has 2 aliphatic rings. The summed E-state index contributed by atoms with van der Waals surface area (Å²) in [6.45, 7) is 3.93. The van der Waals surface area contributed by atoms with Crippen LogP contribution in [0.1, 0.15) is 25.3 Å². The van der Waals surface area contributed by atoms with Gasteiger partial charge in [0.15, 0.2) is 11.5 Å². The van der Waals surface area contributed by atoms with E-state index in [0.717, 1.165) is 17.0 Å². The second-order valence-corrected chi connectivity index (χ2v) is 8.42. The molecule has 0 unspecified atom stereocenters. The second kappa shape index (κ2) is 10.0. The summed E-state index contributed by atoms with van der Waals surface area (Å²) < 4.78 is 16.6. The zero-order valence-corrected chi connectivity index (χ0v) is 19.4. The highest BCUT2D eigenvalue weighted by Gasteiger charge is 2.33. The maximum atomic E-state index is 13.2. The third-order valence-corrected chi connectivity index (χ3v) is 6.23. The maximum Gasteiger partial charge on any atom is 0.324 e. The number of nitrogens with one attached hydrogen (secondary N) is 1. The molecular weight excluding hydrogens is 422 g/mol. The van der Waals surface area contributed by atoms with Crippen molar-refractivity contribution in [2.75, 3.05) is 38.8 Å². The largest absolute Gasteiger partial charge is 0.493 e. The van der Waals surface area contributed by atoms with E-state index >= 15 is 0 Å². The molecule has 8 nitrogen and oxygen atoms in total. The summed E-state index contributed by atoms with van der Waals surface area (Å²) in [6.07, 6.45) is 1.20. The topological polar surface area (TPSA) is 80.3 Å². The second-order valence-electron chi connectivity index (χ2n) is 8.42. The minimum Gasteiger partial charge on any atom is -0.493 e. The number of rotatable bonds is 5. The number of ether oxygens (including phenoxy) is 3. The first kappa shape index (κ1) is 22.8. The number of amides is 3. The van der Waals surface area contributed by atoms with Gasteiger partial charge in [-0.15, -0.1) is 0 Å². The highest BCUT2D eigenvalue weighted by atomic mass is 16.5. The van der Waals surface area contributed by atoms with Gasteiger partial charge >= 0.3 is 6.03 Å². The van der Waals surface area contributed by atoms with Gasteiger partial charge in [0.25, 0.3) is 0 Å². The Kier molecular flexibility index (Phi) is 6.91. The van der Waals surface area contributed by atoms with Crippen LogP contribution < -0.4 is 24.4 Å². The molecule has 8 heteroatoms. The van der Waals surface area contributed by atoms with Gasteiger partial charge in [-0.05, 0) is 38.0 Å². The fourth-order valence-corrected chi connectivity index (χ4v) is 4.49. The van der Waals surface area contributed by atoms with Gasteiger partial charge < -0.3 is 24.4 Å². The number of benzene rings is 2. The Balaban J connectivity index is 1.33. The zero-order chi connectivity index (χ0) is 23.4. The molecule has 0 bridgehead atoms. The maximum absolute atomic E-state index is 13.2. The van der Waals surface area contributed by atoms with Crippen LogP contribution in [0, 0.1) is 5.92 Å². The number of hydrogen-bond acceptors (Lipinski definition) is 5. The van der Waals surface area contributed by atoms with Crippen molar-refractivity contribution in [2.45, 2.75) is 32.4 Å². The molecule has 2 heterocycles. The van der Waals surface area contributed by atoms with Gasteiger partial charge in [-0.3, -0.25) is 9.69 Å². The van der Waals surface area contributed by atoms with Crippen LogP contribution in [0.3, 0.4) is 0 Å². The van der Waals surface area contributed by atoms with E-state index in [1.165, 1.54) is 0 Å². The summed E-state index contributed by atoms with van der Waals surface area (Å²) in [6, 6.07) is 13.2. The predicted octanol–water partition coefficient (Wildman–Crippen LogP) is 3.44. The average Bonchev–Trinajstić information content (AvgIpc) is 2.85. The number of anilines is 1. The molecule has 0 saturated carbocycles. The molecule has 0 radical (unpaired) electrons. The predicted molar refractivity (Wildman–Crippen MR) is 125 cm³/mol. The molecule has 176 valence electrons. The lowest BCUT2D eigenvalue weighted by atomic mass is 9.96. The van der Waals surface area contributed by atoms with Crippen LogP contribution in [0.5, 0.6) is 17.2 Å². The molecule has 2 aromatic carbocycles. The summed E-state index contributed by atoms with van der Waals surface area (Å²) in [4.78, 5) is 29.7. The Hall–Kier alpha value is -3.42. The van der Waals surface area contributed by atoms with Crippen molar-refractivity contribution in [1.82, 2.24) is 10.2 Å². The lowest BCUT2D eigenvalue weighted by molar-refractivity contribution is -0.126. The Bertz CT molecular complexity index is 1000. The molecule has 0 aliphatic carbocycles. The third-order valence-electron chi connectivity index (χ3n) is 6.23. The van der Waals surface area contributed by atoms with E-state index in [2.05, 4.69) is 5.32 Å². The molecular formula is C25H31N3O5. The molecule has 0 aromatic heterocycles. The molecule has 4 rings (SSSR count). The third kappa shape index (κ3) is 4.84. The van der Waals surface area contributed by atoms with Crippen LogP contribution >= 0.6 is 0 Å². The number of nitrogens with zero attached hydrogens (tertiary/aromatic N) is 2. The zero-order valence-electron chi connectivity index (χ0n) is 19.4. The van der Waals surface area contributed by atoms with Gasteiger partial charge in [0.2, 0.25) is 5.91 Å². The molecule has 1 N–H and O–H groups in total. The number of methoxy groups -OCH3 is 2. The fourth-order valence-electron chi connectivity index (χ4n) is 4.49. The summed E-state index contributed by atoms with van der Waals surface area (Å²) >= 11 is 0. The monoisotopic (exact) mass is 453 g/mol. The highest BCUT2D eigenvalue weighted by molar-refractivity contribution is 5.94. The Morgan fingerprint density at radius 2 is 1.82 bits per heavy atom. The number of piperidine rings is 1. The van der Waals surface area contributed by atoms with Crippen molar-refractivity contribution in [3.05, 3.63) is 48.0 Å². The number of urea groups is 1. The highest BCUT2D eigenvalue weighted by Crippen LogP contribution is 2.34. The van der Waals surface area contributed by atoms with E-state index in [4.69, 9.17) is 14.2 Å². The molecule has 2 aromatic rings. The van der Waals surface area contributed by atoms with E-state index in [1.54, 1.807) is 19.1 Å². The van der Waals surface area contributed by atoms with Crippen LogP contribution in [-0.2, 0) is 11.3 Å². The number of hydrogen-bond donors (Lipinski definition) is 1. The average molecular weight is 454 g/mol. The van der Waals surface area contributed by atoms with Crippen molar-refractivity contribution >= 4 is 17.6 Å². The van der Waals surface area contributed by atoms with Crippen LogP contribution in [0.25, 0.3) is 0 Å². The van der Waals surface area contributed by atoms with Crippen molar-refractivity contribution in [3.8, 4) is 17.2 Å². The van der Waals surface area contributed by atoms with Gasteiger partial charge in [-0.25, -0.2) is 4.79 Å². The number of fused-ring (bicyclic) bond motifs is 1. The first-order valence-corrected chi connectivity index (χ1v) is 11.3. The molecule has 2 aliphatic heterocycles. The van der Waals surface area contributed by atoms with Crippen molar-refractivity contribution in [1.29, 1.82) is 0 Å². The van der Waals surface area contributed by atoms with Crippen molar-refractivity contribution in [2.24, 2.45) is 5.92 Å². The Morgan fingerprint density at radius 1 is 1.06 bits per heavy atom. The molecule has 1 fully saturated rings. The normalized spacial score (nSPS) is 18.2. The van der Waals surface area contributed by atoms with Gasteiger partial charge in [-0.1, -0.05) is 24.3 Å². The Labute approximate surface area is 194 Å². The van der Waals surface area contributed by atoms with Crippen molar-refractivity contribution < 1.29 is 23.8 Å². The number of carbonyl (C=O) groups excluding carboxylic acids is 2. The van der Waals surface area contributed by atoms with Crippen LogP contribution in [-0.4, -0.2) is 56.8 Å². The summed E-state index contributed by atoms with van der Waals surface area (Å²) in [5, 5.41) is 3.02. The molecule has 0 spiro atoms. The number of carbonyl (C=O) groups is 2. The van der Waals surface area contributed by atoms with E-state index < -0.39 is 0 Å². The minimum atomic E-state index is -0.124. The van der Waals surface area contributed by atoms with Gasteiger partial charge in [0.05, 0.1) is 26.5 Å². The van der Waals surface area contributed by atoms with Crippen molar-refractivity contribution in [3.63, 3.8) is 0 Å². The minimum absolute atomic E-state index is 0.00249. The van der Waals surface area contributed by atoms with E-state index in [0.29, 0.717) is 50.5 Å². The quantitative estimate of drug-likeness (QED) is 0.750. The fraction of sp³-hybridized carbons (Fsp3) is 0.440. The van der Waals surface area contributed by atoms with E-state index in [1.807, 2.05) is 54.3 Å². The van der Waals surface area contributed by atoms with Gasteiger partial charge in [-0.2, -0.15) is 0 Å². The lowest BCUT2D eigenvalue weighted by Crippen LogP contribution is -2.52. The van der Waals surface area contributed by atoms with Crippen LogP contribution in [0.15, 0.2) is 42.5 Å². The first-order valence-electron chi connectivity index (χ1n) is 11.3. The van der Waals surface area contributed by atoms with Gasteiger partial charge in [0, 0.05) is 31.1 Å². The molecule has 3 amide bonds. The summed E-state index contributed by atoms with van der Waals surface area (Å²) in [5.41, 5.74) is 1.66. The molecule has 1 atom stereocenters. The SMILES string of the molecule is COc1cccc(CNC(=O)C2CCN(C(=O)N3C[C@@H](C)Oc4ccccc43)CC2)c1OC. The molecule has 33 heavy (non-hydrogen) atoms. The lowest BCUT2D eigenvalue weighted by Gasteiger charge is -2.39. The first-order chi connectivity index (χ1) is 16.0. The summed E-state index contributed by atoms with van der Waals surface area (Å²) in [7, 11) is 3.18. The number of para-hydroxylation sites is 3. The van der Waals surface area contributed by atoms with Crippen LogP contribution in [0.4, 0.5) is 10.5 Å². The Morgan fingerprint density at radius 3 is 2.55 bits per heavy atom. The number of likely N-dealkylation sites (tertiary alicyclic amines) is 1. The summed E-state index contributed by atoms with van der Waals surface area (Å²) in [5.74, 6) is 1.86. The van der Waals surface area contributed by atoms with Crippen LogP contribution in [0.2, 0.25) is 0 Å². The molecule has 1 saturated heterocycles.